The highest BCUT2D eigenvalue weighted by Gasteiger charge is 2.28. The Morgan fingerprint density at radius 3 is 3.06 bits per heavy atom. The molecule has 0 bridgehead atoms. The van der Waals surface area contributed by atoms with Crippen molar-refractivity contribution in [3.8, 4) is 0 Å². The lowest BCUT2D eigenvalue weighted by molar-refractivity contribution is -0.145. The van der Waals surface area contributed by atoms with E-state index in [1.807, 2.05) is 4.90 Å². The van der Waals surface area contributed by atoms with E-state index >= 15 is 0 Å². The summed E-state index contributed by atoms with van der Waals surface area (Å²) in [5.41, 5.74) is 0.747. The maximum Gasteiger partial charge on any atom is 0.320 e. The van der Waals surface area contributed by atoms with Crippen molar-refractivity contribution in [3.05, 3.63) is 35.6 Å². The van der Waals surface area contributed by atoms with Crippen molar-refractivity contribution >= 4 is 5.97 Å². The van der Waals surface area contributed by atoms with Gasteiger partial charge in [-0.25, -0.2) is 4.39 Å². The third-order valence-corrected chi connectivity index (χ3v) is 3.22. The average Bonchev–Trinajstić information content (AvgIpc) is 2.38. The normalized spacial score (nSPS) is 22.7. The SMILES string of the molecule is C[C@@H](C(=O)O)N1CCO[C@@H](c2cccc(F)c2)C1. The maximum absolute atomic E-state index is 13.1. The average molecular weight is 253 g/mol. The summed E-state index contributed by atoms with van der Waals surface area (Å²) in [7, 11) is 0. The van der Waals surface area contributed by atoms with Crippen molar-refractivity contribution in [3.63, 3.8) is 0 Å². The van der Waals surface area contributed by atoms with Gasteiger partial charge in [-0.3, -0.25) is 9.69 Å². The molecule has 2 rings (SSSR count). The van der Waals surface area contributed by atoms with Crippen LogP contribution in [0.1, 0.15) is 18.6 Å². The van der Waals surface area contributed by atoms with Crippen LogP contribution in [0.3, 0.4) is 0 Å². The number of morpholine rings is 1. The largest absolute Gasteiger partial charge is 0.480 e. The van der Waals surface area contributed by atoms with E-state index in [0.29, 0.717) is 19.7 Å². The molecule has 5 heteroatoms. The molecule has 0 spiro atoms. The minimum absolute atomic E-state index is 0.267. The van der Waals surface area contributed by atoms with E-state index in [2.05, 4.69) is 0 Å². The molecule has 0 unspecified atom stereocenters. The first-order valence-electron chi connectivity index (χ1n) is 5.92. The monoisotopic (exact) mass is 253 g/mol. The molecule has 1 aromatic rings. The summed E-state index contributed by atoms with van der Waals surface area (Å²) < 4.78 is 18.7. The fraction of sp³-hybridized carbons (Fsp3) is 0.462. The minimum atomic E-state index is -0.852. The number of halogens is 1. The van der Waals surface area contributed by atoms with Gasteiger partial charge >= 0.3 is 5.97 Å². The maximum atomic E-state index is 13.1. The highest BCUT2D eigenvalue weighted by Crippen LogP contribution is 2.23. The zero-order valence-corrected chi connectivity index (χ0v) is 10.2. The van der Waals surface area contributed by atoms with E-state index in [1.165, 1.54) is 12.1 Å². The van der Waals surface area contributed by atoms with Crippen molar-refractivity contribution in [1.29, 1.82) is 0 Å². The van der Waals surface area contributed by atoms with Gasteiger partial charge in [0.1, 0.15) is 11.9 Å². The number of nitrogens with zero attached hydrogens (tertiary/aromatic N) is 1. The van der Waals surface area contributed by atoms with Crippen LogP contribution in [0.2, 0.25) is 0 Å². The van der Waals surface area contributed by atoms with E-state index in [1.54, 1.807) is 19.1 Å². The van der Waals surface area contributed by atoms with Crippen molar-refractivity contribution in [2.45, 2.75) is 19.1 Å². The topological polar surface area (TPSA) is 49.8 Å². The van der Waals surface area contributed by atoms with E-state index in [9.17, 15) is 9.18 Å². The van der Waals surface area contributed by atoms with Crippen molar-refractivity contribution in [2.24, 2.45) is 0 Å². The van der Waals surface area contributed by atoms with Crippen LogP contribution in [0, 0.1) is 5.82 Å². The molecule has 0 amide bonds. The molecule has 0 saturated carbocycles. The molecule has 1 fully saturated rings. The lowest BCUT2D eigenvalue weighted by Gasteiger charge is -2.35. The van der Waals surface area contributed by atoms with Crippen LogP contribution < -0.4 is 0 Å². The summed E-state index contributed by atoms with van der Waals surface area (Å²) in [5.74, 6) is -1.16. The van der Waals surface area contributed by atoms with Gasteiger partial charge in [-0.05, 0) is 24.6 Å². The predicted molar refractivity (Wildman–Crippen MR) is 63.8 cm³/mol. The zero-order valence-electron chi connectivity index (χ0n) is 10.2. The fourth-order valence-corrected chi connectivity index (χ4v) is 2.09. The predicted octanol–water partition coefficient (Wildman–Crippen LogP) is 1.67. The minimum Gasteiger partial charge on any atom is -0.480 e. The molecular weight excluding hydrogens is 237 g/mol. The van der Waals surface area contributed by atoms with Gasteiger partial charge in [-0.1, -0.05) is 12.1 Å². The first-order chi connectivity index (χ1) is 8.58. The molecule has 1 aromatic carbocycles. The van der Waals surface area contributed by atoms with Gasteiger partial charge < -0.3 is 9.84 Å². The number of carboxylic acids is 1. The summed E-state index contributed by atoms with van der Waals surface area (Å²) in [5, 5.41) is 8.99. The Morgan fingerprint density at radius 2 is 2.39 bits per heavy atom. The van der Waals surface area contributed by atoms with Crippen LogP contribution >= 0.6 is 0 Å². The van der Waals surface area contributed by atoms with Gasteiger partial charge in [0.05, 0.1) is 12.7 Å². The molecule has 1 aliphatic heterocycles. The molecule has 1 N–H and O–H groups in total. The first kappa shape index (κ1) is 13.0. The molecule has 1 aliphatic rings. The van der Waals surface area contributed by atoms with E-state index in [-0.39, 0.29) is 11.9 Å². The second-order valence-electron chi connectivity index (χ2n) is 4.42. The molecule has 98 valence electrons. The van der Waals surface area contributed by atoms with Crippen LogP contribution in [-0.2, 0) is 9.53 Å². The first-order valence-corrected chi connectivity index (χ1v) is 5.92. The number of carboxylic acid groups (broad SMARTS) is 1. The van der Waals surface area contributed by atoms with Gasteiger partial charge in [-0.2, -0.15) is 0 Å². The number of carbonyl (C=O) groups is 1. The van der Waals surface area contributed by atoms with Crippen LogP contribution in [-0.4, -0.2) is 41.7 Å². The number of hydrogen-bond acceptors (Lipinski definition) is 3. The third kappa shape index (κ3) is 2.86. The standard InChI is InChI=1S/C13H16FNO3/c1-9(13(16)17)15-5-6-18-12(8-15)10-3-2-4-11(14)7-10/h2-4,7,9,12H,5-6,8H2,1H3,(H,16,17)/t9-,12+/m0/s1. The molecule has 2 atom stereocenters. The van der Waals surface area contributed by atoms with Gasteiger partial charge in [-0.15, -0.1) is 0 Å². The Bertz CT molecular complexity index is 438. The Labute approximate surface area is 105 Å². The molecule has 0 radical (unpaired) electrons. The van der Waals surface area contributed by atoms with Gasteiger partial charge in [0.25, 0.3) is 0 Å². The Hall–Kier alpha value is -1.46. The number of aliphatic carboxylic acids is 1. The van der Waals surface area contributed by atoms with Crippen LogP contribution in [0.25, 0.3) is 0 Å². The summed E-state index contributed by atoms with van der Waals surface area (Å²) in [6.45, 7) is 3.16. The van der Waals surface area contributed by atoms with Crippen LogP contribution in [0.15, 0.2) is 24.3 Å². The highest BCUT2D eigenvalue weighted by molar-refractivity contribution is 5.72. The highest BCUT2D eigenvalue weighted by atomic mass is 19.1. The summed E-state index contributed by atoms with van der Waals surface area (Å²) in [6.07, 6.45) is -0.267. The molecule has 1 heterocycles. The number of benzene rings is 1. The molecule has 0 aromatic heterocycles. The van der Waals surface area contributed by atoms with Crippen molar-refractivity contribution in [1.82, 2.24) is 4.90 Å². The summed E-state index contributed by atoms with van der Waals surface area (Å²) >= 11 is 0. The zero-order chi connectivity index (χ0) is 13.1. The van der Waals surface area contributed by atoms with Gasteiger partial charge in [0.15, 0.2) is 0 Å². The Balaban J connectivity index is 2.09. The van der Waals surface area contributed by atoms with Crippen molar-refractivity contribution < 1.29 is 19.0 Å². The summed E-state index contributed by atoms with van der Waals surface area (Å²) in [4.78, 5) is 12.8. The lowest BCUT2D eigenvalue weighted by atomic mass is 10.1. The van der Waals surface area contributed by atoms with E-state index in [0.717, 1.165) is 5.56 Å². The smallest absolute Gasteiger partial charge is 0.320 e. The Morgan fingerprint density at radius 1 is 1.61 bits per heavy atom. The third-order valence-electron chi connectivity index (χ3n) is 3.22. The molecule has 18 heavy (non-hydrogen) atoms. The van der Waals surface area contributed by atoms with Crippen LogP contribution in [0.5, 0.6) is 0 Å². The number of rotatable bonds is 3. The lowest BCUT2D eigenvalue weighted by Crippen LogP contribution is -2.46. The number of ether oxygens (including phenoxy) is 1. The molecule has 1 saturated heterocycles. The fourth-order valence-electron chi connectivity index (χ4n) is 2.09. The van der Waals surface area contributed by atoms with Crippen molar-refractivity contribution in [2.75, 3.05) is 19.7 Å². The molecule has 0 aliphatic carbocycles. The molecule has 4 nitrogen and oxygen atoms in total. The van der Waals surface area contributed by atoms with E-state index < -0.39 is 12.0 Å². The van der Waals surface area contributed by atoms with Gasteiger partial charge in [0.2, 0.25) is 0 Å². The quantitative estimate of drug-likeness (QED) is 0.890. The Kier molecular flexibility index (Phi) is 3.93. The van der Waals surface area contributed by atoms with E-state index in [4.69, 9.17) is 9.84 Å². The van der Waals surface area contributed by atoms with Gasteiger partial charge in [0, 0.05) is 13.1 Å². The number of hydrogen-bond donors (Lipinski definition) is 1. The second-order valence-corrected chi connectivity index (χ2v) is 4.42. The van der Waals surface area contributed by atoms with Crippen LogP contribution in [0.4, 0.5) is 4.39 Å². The summed E-state index contributed by atoms with van der Waals surface area (Å²) in [6, 6.07) is 5.68. The molecular formula is C13H16FNO3. The second kappa shape index (κ2) is 5.46.